The lowest BCUT2D eigenvalue weighted by molar-refractivity contribution is 0.443. The van der Waals surface area contributed by atoms with Crippen molar-refractivity contribution in [2.45, 2.75) is 40.0 Å². The zero-order valence-electron chi connectivity index (χ0n) is 13.4. The van der Waals surface area contributed by atoms with Crippen molar-refractivity contribution in [3.63, 3.8) is 0 Å². The second-order valence-electron chi connectivity index (χ2n) is 6.05. The molecule has 1 N–H and O–H groups in total. The molecule has 0 atom stereocenters. The predicted octanol–water partition coefficient (Wildman–Crippen LogP) is 3.56. The van der Waals surface area contributed by atoms with Crippen LogP contribution in [0, 0.1) is 12.8 Å². The van der Waals surface area contributed by atoms with E-state index in [-0.39, 0.29) is 0 Å². The minimum absolute atomic E-state index is 0.680. The van der Waals surface area contributed by atoms with Gasteiger partial charge in [-0.1, -0.05) is 43.7 Å². The van der Waals surface area contributed by atoms with Crippen molar-refractivity contribution in [3.05, 3.63) is 53.2 Å². The number of rotatable bonds is 8. The number of hydrogen-bond donors (Lipinski definition) is 1. The molecule has 0 aliphatic carbocycles. The molecule has 0 saturated carbocycles. The highest BCUT2D eigenvalue weighted by atomic mass is 16.4. The van der Waals surface area contributed by atoms with E-state index in [1.54, 1.807) is 0 Å². The van der Waals surface area contributed by atoms with Crippen molar-refractivity contribution < 1.29 is 4.42 Å². The Balaban J connectivity index is 1.73. The lowest BCUT2D eigenvalue weighted by atomic mass is 10.1. The van der Waals surface area contributed by atoms with Gasteiger partial charge in [-0.2, -0.15) is 0 Å². The summed E-state index contributed by atoms with van der Waals surface area (Å²) in [4.78, 5) is 4.35. The summed E-state index contributed by atoms with van der Waals surface area (Å²) in [5.74, 6) is 2.50. The van der Waals surface area contributed by atoms with Crippen molar-refractivity contribution in [2.24, 2.45) is 5.92 Å². The van der Waals surface area contributed by atoms with Gasteiger partial charge in [-0.15, -0.1) is 0 Å². The molecular weight excluding hydrogens is 260 g/mol. The number of aromatic nitrogens is 1. The van der Waals surface area contributed by atoms with Gasteiger partial charge in [-0.25, -0.2) is 4.98 Å². The van der Waals surface area contributed by atoms with Gasteiger partial charge in [0.05, 0.1) is 6.20 Å². The number of aryl methyl sites for hydroxylation is 3. The number of nitrogens with zero attached hydrogens (tertiary/aromatic N) is 1. The number of hydrogen-bond acceptors (Lipinski definition) is 3. The third kappa shape index (κ3) is 5.72. The molecule has 0 aliphatic heterocycles. The van der Waals surface area contributed by atoms with E-state index in [0.29, 0.717) is 5.92 Å². The van der Waals surface area contributed by atoms with Crippen molar-refractivity contribution in [2.75, 3.05) is 13.1 Å². The van der Waals surface area contributed by atoms with Gasteiger partial charge in [-0.05, 0) is 31.4 Å². The van der Waals surface area contributed by atoms with Crippen LogP contribution in [0.2, 0.25) is 0 Å². The Morgan fingerprint density at radius 1 is 1.10 bits per heavy atom. The summed E-state index contributed by atoms with van der Waals surface area (Å²) in [5.41, 5.74) is 2.65. The lowest BCUT2D eigenvalue weighted by Gasteiger charge is -2.05. The fraction of sp³-hybridized carbons (Fsp3) is 0.500. The lowest BCUT2D eigenvalue weighted by Crippen LogP contribution is -2.22. The highest BCUT2D eigenvalue weighted by molar-refractivity contribution is 5.21. The van der Waals surface area contributed by atoms with E-state index in [1.807, 2.05) is 6.20 Å². The molecule has 21 heavy (non-hydrogen) atoms. The summed E-state index contributed by atoms with van der Waals surface area (Å²) < 4.78 is 5.79. The summed E-state index contributed by atoms with van der Waals surface area (Å²) in [5, 5.41) is 3.41. The van der Waals surface area contributed by atoms with Gasteiger partial charge >= 0.3 is 0 Å². The Morgan fingerprint density at radius 3 is 2.57 bits per heavy atom. The summed E-state index contributed by atoms with van der Waals surface area (Å²) in [6.45, 7) is 8.50. The Kier molecular flexibility index (Phi) is 6.00. The molecule has 0 fully saturated rings. The molecule has 3 nitrogen and oxygen atoms in total. The molecule has 1 heterocycles. The first-order chi connectivity index (χ1) is 10.1. The van der Waals surface area contributed by atoms with Crippen molar-refractivity contribution >= 4 is 0 Å². The third-order valence-corrected chi connectivity index (χ3v) is 3.45. The second kappa shape index (κ2) is 7.99. The Hall–Kier alpha value is -1.61. The Morgan fingerprint density at radius 2 is 1.86 bits per heavy atom. The fourth-order valence-electron chi connectivity index (χ4n) is 2.19. The van der Waals surface area contributed by atoms with Gasteiger partial charge in [0, 0.05) is 19.4 Å². The van der Waals surface area contributed by atoms with Gasteiger partial charge in [0.25, 0.3) is 0 Å². The first kappa shape index (κ1) is 15.8. The first-order valence-corrected chi connectivity index (χ1v) is 7.83. The summed E-state index contributed by atoms with van der Waals surface area (Å²) in [7, 11) is 0. The number of nitrogens with one attached hydrogen (secondary N) is 1. The summed E-state index contributed by atoms with van der Waals surface area (Å²) in [6.07, 6.45) is 4.64. The highest BCUT2D eigenvalue weighted by Crippen LogP contribution is 2.10. The molecule has 2 aromatic rings. The summed E-state index contributed by atoms with van der Waals surface area (Å²) in [6, 6.07) is 8.67. The molecule has 0 aliphatic rings. The Bertz CT molecular complexity index is 528. The zero-order chi connectivity index (χ0) is 15.1. The molecule has 0 bridgehead atoms. The predicted molar refractivity (Wildman–Crippen MR) is 86.5 cm³/mol. The van der Waals surface area contributed by atoms with Crippen LogP contribution in [0.3, 0.4) is 0 Å². The SMILES string of the molecule is Cc1ccc(CCc2cnc(CCNCC(C)C)o2)cc1. The number of oxazole rings is 1. The van der Waals surface area contributed by atoms with Gasteiger partial charge in [-0.3, -0.25) is 0 Å². The van der Waals surface area contributed by atoms with Crippen molar-refractivity contribution in [3.8, 4) is 0 Å². The van der Waals surface area contributed by atoms with Crippen LogP contribution >= 0.6 is 0 Å². The molecule has 114 valence electrons. The maximum absolute atomic E-state index is 5.79. The minimum Gasteiger partial charge on any atom is -0.446 e. The molecule has 1 aromatic carbocycles. The average molecular weight is 286 g/mol. The van der Waals surface area contributed by atoms with E-state index in [4.69, 9.17) is 4.42 Å². The molecular formula is C18H26N2O. The van der Waals surface area contributed by atoms with E-state index in [2.05, 4.69) is 55.3 Å². The van der Waals surface area contributed by atoms with E-state index in [1.165, 1.54) is 11.1 Å². The van der Waals surface area contributed by atoms with Crippen LogP contribution in [0.1, 0.15) is 36.6 Å². The molecule has 0 radical (unpaired) electrons. The quantitative estimate of drug-likeness (QED) is 0.754. The topological polar surface area (TPSA) is 38.1 Å². The van der Waals surface area contributed by atoms with Gasteiger partial charge in [0.2, 0.25) is 0 Å². The van der Waals surface area contributed by atoms with Crippen LogP contribution in [0.25, 0.3) is 0 Å². The Labute approximate surface area is 127 Å². The maximum atomic E-state index is 5.79. The average Bonchev–Trinajstić information content (AvgIpc) is 2.91. The van der Waals surface area contributed by atoms with Crippen molar-refractivity contribution in [1.82, 2.24) is 10.3 Å². The molecule has 2 rings (SSSR count). The van der Waals surface area contributed by atoms with Crippen LogP contribution in [-0.2, 0) is 19.3 Å². The van der Waals surface area contributed by atoms with Crippen molar-refractivity contribution in [1.29, 1.82) is 0 Å². The van der Waals surface area contributed by atoms with Gasteiger partial charge in [0.1, 0.15) is 5.76 Å². The van der Waals surface area contributed by atoms with E-state index >= 15 is 0 Å². The fourth-order valence-corrected chi connectivity index (χ4v) is 2.19. The summed E-state index contributed by atoms with van der Waals surface area (Å²) >= 11 is 0. The number of benzene rings is 1. The third-order valence-electron chi connectivity index (χ3n) is 3.45. The highest BCUT2D eigenvalue weighted by Gasteiger charge is 2.04. The monoisotopic (exact) mass is 286 g/mol. The van der Waals surface area contributed by atoms with Gasteiger partial charge < -0.3 is 9.73 Å². The molecule has 0 unspecified atom stereocenters. The maximum Gasteiger partial charge on any atom is 0.195 e. The van der Waals surface area contributed by atoms with Crippen LogP contribution < -0.4 is 5.32 Å². The largest absolute Gasteiger partial charge is 0.446 e. The van der Waals surface area contributed by atoms with E-state index in [9.17, 15) is 0 Å². The van der Waals surface area contributed by atoms with Crippen LogP contribution in [-0.4, -0.2) is 18.1 Å². The van der Waals surface area contributed by atoms with E-state index < -0.39 is 0 Å². The molecule has 0 spiro atoms. The molecule has 1 aromatic heterocycles. The molecule has 3 heteroatoms. The van der Waals surface area contributed by atoms with Gasteiger partial charge in [0.15, 0.2) is 5.89 Å². The van der Waals surface area contributed by atoms with Crippen LogP contribution in [0.4, 0.5) is 0 Å². The zero-order valence-corrected chi connectivity index (χ0v) is 13.4. The second-order valence-corrected chi connectivity index (χ2v) is 6.05. The van der Waals surface area contributed by atoms with Crippen LogP contribution in [0.15, 0.2) is 34.9 Å². The smallest absolute Gasteiger partial charge is 0.195 e. The minimum atomic E-state index is 0.680. The standard InChI is InChI=1S/C18H26N2O/c1-14(2)12-19-11-10-18-20-13-17(21-18)9-8-16-6-4-15(3)5-7-16/h4-7,13-14,19H,8-12H2,1-3H3. The molecule has 0 amide bonds. The molecule has 0 saturated heterocycles. The first-order valence-electron chi connectivity index (χ1n) is 7.83. The van der Waals surface area contributed by atoms with Crippen LogP contribution in [0.5, 0.6) is 0 Å². The normalized spacial score (nSPS) is 11.2. The van der Waals surface area contributed by atoms with E-state index in [0.717, 1.165) is 44.0 Å².